The highest BCUT2D eigenvalue weighted by Gasteiger charge is 2.33. The summed E-state index contributed by atoms with van der Waals surface area (Å²) in [7, 11) is 5.68. The van der Waals surface area contributed by atoms with E-state index < -0.39 is 29.6 Å². The van der Waals surface area contributed by atoms with Gasteiger partial charge in [-0.3, -0.25) is 4.90 Å². The van der Waals surface area contributed by atoms with E-state index in [0.717, 1.165) is 41.8 Å². The van der Waals surface area contributed by atoms with Gasteiger partial charge in [0.15, 0.2) is 0 Å². The third kappa shape index (κ3) is 7.65. The van der Waals surface area contributed by atoms with E-state index in [4.69, 9.17) is 9.47 Å². The monoisotopic (exact) mass is 582 g/mol. The van der Waals surface area contributed by atoms with Crippen LogP contribution in [0.2, 0.25) is 0 Å². The Bertz CT molecular complexity index is 1380. The number of carbonyl (C=O) groups is 1. The summed E-state index contributed by atoms with van der Waals surface area (Å²) >= 11 is 0. The molecule has 0 aliphatic rings. The van der Waals surface area contributed by atoms with Crippen LogP contribution in [0.5, 0.6) is 5.75 Å². The number of rotatable bonds is 8. The number of amides is 1. The van der Waals surface area contributed by atoms with Crippen LogP contribution in [0.4, 0.5) is 36.8 Å². The lowest BCUT2D eigenvalue weighted by Crippen LogP contribution is -2.30. The Morgan fingerprint density at radius 3 is 2.00 bits per heavy atom. The topological polar surface area (TPSA) is 42.0 Å². The fourth-order valence-corrected chi connectivity index (χ4v) is 4.39. The van der Waals surface area contributed by atoms with E-state index in [2.05, 4.69) is 0 Å². The quantitative estimate of drug-likeness (QED) is 0.250. The second-order valence-corrected chi connectivity index (χ2v) is 10.1. The SMILES string of the molecule is COC(=O)N(Cc1cc(N(C)C)cc(C(F)(F)F)c1)Cc1cc(C(F)(F)F)ccc1-c1cc(C(C)C)ccc1OC. The summed E-state index contributed by atoms with van der Waals surface area (Å²) < 4.78 is 92.6. The minimum absolute atomic E-state index is 0.107. The van der Waals surface area contributed by atoms with E-state index in [-0.39, 0.29) is 35.8 Å². The first kappa shape index (κ1) is 31.6. The fraction of sp³-hybridized carbons (Fsp3) is 0.367. The number of ether oxygens (including phenoxy) is 2. The van der Waals surface area contributed by atoms with Gasteiger partial charge in [-0.05, 0) is 70.6 Å². The van der Waals surface area contributed by atoms with Crippen molar-refractivity contribution in [3.05, 3.63) is 82.4 Å². The number of methoxy groups -OCH3 is 2. The van der Waals surface area contributed by atoms with Crippen LogP contribution in [0, 0.1) is 0 Å². The van der Waals surface area contributed by atoms with Crippen molar-refractivity contribution in [2.45, 2.75) is 45.2 Å². The Kier molecular flexibility index (Phi) is 9.51. The molecule has 0 atom stereocenters. The molecule has 0 saturated carbocycles. The molecule has 0 radical (unpaired) electrons. The maximum absolute atomic E-state index is 13.8. The van der Waals surface area contributed by atoms with Gasteiger partial charge in [-0.1, -0.05) is 26.0 Å². The first-order valence-corrected chi connectivity index (χ1v) is 12.6. The van der Waals surface area contributed by atoms with Crippen molar-refractivity contribution in [3.63, 3.8) is 0 Å². The smallest absolute Gasteiger partial charge is 0.416 e. The summed E-state index contributed by atoms with van der Waals surface area (Å²) in [6.07, 6.45) is -10.2. The molecule has 0 spiro atoms. The molecule has 41 heavy (non-hydrogen) atoms. The van der Waals surface area contributed by atoms with Crippen LogP contribution in [-0.4, -0.2) is 39.3 Å². The highest BCUT2D eigenvalue weighted by molar-refractivity contribution is 5.76. The van der Waals surface area contributed by atoms with Gasteiger partial charge >= 0.3 is 18.4 Å². The molecule has 0 aliphatic heterocycles. The zero-order valence-electron chi connectivity index (χ0n) is 23.6. The molecular formula is C30H32F6N2O3. The molecule has 5 nitrogen and oxygen atoms in total. The largest absolute Gasteiger partial charge is 0.496 e. The number of hydrogen-bond donors (Lipinski definition) is 0. The first-order chi connectivity index (χ1) is 19.0. The molecule has 0 bridgehead atoms. The number of hydrogen-bond acceptors (Lipinski definition) is 4. The number of nitrogens with zero attached hydrogens (tertiary/aromatic N) is 2. The molecule has 0 unspecified atom stereocenters. The van der Waals surface area contributed by atoms with E-state index in [1.165, 1.54) is 24.1 Å². The predicted molar refractivity (Wildman–Crippen MR) is 145 cm³/mol. The third-order valence-corrected chi connectivity index (χ3v) is 6.60. The van der Waals surface area contributed by atoms with Crippen LogP contribution < -0.4 is 9.64 Å². The minimum atomic E-state index is -4.67. The molecule has 0 aromatic heterocycles. The highest BCUT2D eigenvalue weighted by Crippen LogP contribution is 2.39. The molecule has 0 N–H and O–H groups in total. The van der Waals surface area contributed by atoms with Crippen molar-refractivity contribution in [2.24, 2.45) is 0 Å². The van der Waals surface area contributed by atoms with E-state index >= 15 is 0 Å². The number of anilines is 1. The molecule has 11 heteroatoms. The number of halogens is 6. The Morgan fingerprint density at radius 2 is 1.46 bits per heavy atom. The highest BCUT2D eigenvalue weighted by atomic mass is 19.4. The molecular weight excluding hydrogens is 550 g/mol. The molecule has 0 aliphatic carbocycles. The van der Waals surface area contributed by atoms with Gasteiger partial charge in [0.25, 0.3) is 0 Å². The normalized spacial score (nSPS) is 11.9. The van der Waals surface area contributed by atoms with E-state index in [0.29, 0.717) is 16.9 Å². The molecule has 0 heterocycles. The van der Waals surface area contributed by atoms with Gasteiger partial charge in [0.2, 0.25) is 0 Å². The van der Waals surface area contributed by atoms with Gasteiger partial charge in [-0.15, -0.1) is 0 Å². The van der Waals surface area contributed by atoms with Crippen molar-refractivity contribution in [1.82, 2.24) is 4.90 Å². The first-order valence-electron chi connectivity index (χ1n) is 12.6. The lowest BCUT2D eigenvalue weighted by Gasteiger charge is -2.25. The number of benzene rings is 3. The molecule has 3 rings (SSSR count). The summed E-state index contributed by atoms with van der Waals surface area (Å²) in [4.78, 5) is 15.4. The Balaban J connectivity index is 2.18. The molecule has 3 aromatic carbocycles. The van der Waals surface area contributed by atoms with Crippen molar-refractivity contribution in [2.75, 3.05) is 33.2 Å². The van der Waals surface area contributed by atoms with Gasteiger partial charge in [0.05, 0.1) is 25.3 Å². The lowest BCUT2D eigenvalue weighted by atomic mass is 9.92. The van der Waals surface area contributed by atoms with E-state index in [1.54, 1.807) is 20.2 Å². The number of alkyl halides is 6. The second kappa shape index (κ2) is 12.3. The van der Waals surface area contributed by atoms with Crippen molar-refractivity contribution < 1.29 is 40.6 Å². The summed E-state index contributed by atoms with van der Waals surface area (Å²) in [6.45, 7) is 3.20. The summed E-state index contributed by atoms with van der Waals surface area (Å²) in [5.74, 6) is 0.518. The van der Waals surface area contributed by atoms with E-state index in [1.807, 2.05) is 26.0 Å². The Labute approximate surface area is 235 Å². The van der Waals surface area contributed by atoms with Crippen LogP contribution in [0.1, 0.15) is 47.6 Å². The van der Waals surface area contributed by atoms with E-state index in [9.17, 15) is 31.1 Å². The third-order valence-electron chi connectivity index (χ3n) is 6.60. The van der Waals surface area contributed by atoms with Crippen molar-refractivity contribution in [1.29, 1.82) is 0 Å². The maximum Gasteiger partial charge on any atom is 0.416 e. The standard InChI is InChI=1S/C30H32F6N2O3/c1-18(2)20-7-10-27(40-5)26(14-20)25-9-8-22(29(31,32)33)13-21(25)17-38(28(39)41-6)16-19-11-23(30(34,35)36)15-24(12-19)37(3)4/h7-15,18H,16-17H2,1-6H3. The zero-order chi connectivity index (χ0) is 30.7. The average Bonchev–Trinajstić information content (AvgIpc) is 2.90. The summed E-state index contributed by atoms with van der Waals surface area (Å²) in [5.41, 5.74) is 0.440. The van der Waals surface area contributed by atoms with Gasteiger partial charge in [0, 0.05) is 38.4 Å². The minimum Gasteiger partial charge on any atom is -0.496 e. The second-order valence-electron chi connectivity index (χ2n) is 10.1. The molecule has 222 valence electrons. The molecule has 0 saturated heterocycles. The predicted octanol–water partition coefficient (Wildman–Crippen LogP) is 8.36. The zero-order valence-corrected chi connectivity index (χ0v) is 23.6. The maximum atomic E-state index is 13.8. The molecule has 0 fully saturated rings. The summed E-state index contributed by atoms with van der Waals surface area (Å²) in [6, 6.07) is 11.9. The molecule has 3 aromatic rings. The number of carbonyl (C=O) groups excluding carboxylic acids is 1. The van der Waals surface area contributed by atoms with Crippen LogP contribution >= 0.6 is 0 Å². The summed E-state index contributed by atoms with van der Waals surface area (Å²) in [5, 5.41) is 0. The Morgan fingerprint density at radius 1 is 0.805 bits per heavy atom. The fourth-order valence-electron chi connectivity index (χ4n) is 4.39. The van der Waals surface area contributed by atoms with Crippen LogP contribution in [-0.2, 0) is 30.2 Å². The van der Waals surface area contributed by atoms with Crippen LogP contribution in [0.15, 0.2) is 54.6 Å². The van der Waals surface area contributed by atoms with Gasteiger partial charge < -0.3 is 14.4 Å². The molecule has 1 amide bonds. The van der Waals surface area contributed by atoms with Gasteiger partial charge in [0.1, 0.15) is 5.75 Å². The van der Waals surface area contributed by atoms with Crippen LogP contribution in [0.25, 0.3) is 11.1 Å². The van der Waals surface area contributed by atoms with Crippen molar-refractivity contribution in [3.8, 4) is 16.9 Å². The lowest BCUT2D eigenvalue weighted by molar-refractivity contribution is -0.138. The Hall–Kier alpha value is -3.89. The van der Waals surface area contributed by atoms with Gasteiger partial charge in [-0.2, -0.15) is 26.3 Å². The van der Waals surface area contributed by atoms with Crippen molar-refractivity contribution >= 4 is 11.8 Å². The van der Waals surface area contributed by atoms with Crippen LogP contribution in [0.3, 0.4) is 0 Å². The average molecular weight is 583 g/mol. The van der Waals surface area contributed by atoms with Gasteiger partial charge in [-0.25, -0.2) is 4.79 Å².